The summed E-state index contributed by atoms with van der Waals surface area (Å²) in [6.45, 7) is 0.0621. The molecule has 0 aliphatic heterocycles. The van der Waals surface area contributed by atoms with Crippen LogP contribution in [0.4, 0.5) is 4.39 Å². The van der Waals surface area contributed by atoms with Gasteiger partial charge in [-0.2, -0.15) is 0 Å². The Balaban J connectivity index is 1.64. The average molecular weight is 374 g/mol. The van der Waals surface area contributed by atoms with Crippen LogP contribution in [0.15, 0.2) is 47.5 Å². The lowest BCUT2D eigenvalue weighted by atomic mass is 10.2. The van der Waals surface area contributed by atoms with Crippen molar-refractivity contribution in [2.45, 2.75) is 43.2 Å². The molecule has 3 aromatic rings. The van der Waals surface area contributed by atoms with Crippen LogP contribution in [0.1, 0.15) is 37.5 Å². The first kappa shape index (κ1) is 17.1. The highest BCUT2D eigenvalue weighted by atomic mass is 32.2. The number of aromatic nitrogens is 3. The minimum Gasteiger partial charge on any atom is -0.308 e. The van der Waals surface area contributed by atoms with Crippen molar-refractivity contribution < 1.29 is 12.8 Å². The zero-order chi connectivity index (χ0) is 18.1. The third-order valence-electron chi connectivity index (χ3n) is 4.76. The van der Waals surface area contributed by atoms with Crippen molar-refractivity contribution in [3.8, 4) is 0 Å². The Hall–Kier alpha value is -2.32. The molecule has 2 heterocycles. The number of rotatable bonds is 5. The molecule has 1 saturated carbocycles. The van der Waals surface area contributed by atoms with Crippen molar-refractivity contribution in [3.05, 3.63) is 54.2 Å². The van der Waals surface area contributed by atoms with Crippen LogP contribution in [0.25, 0.3) is 11.2 Å². The van der Waals surface area contributed by atoms with Crippen LogP contribution in [-0.4, -0.2) is 23.0 Å². The van der Waals surface area contributed by atoms with Crippen molar-refractivity contribution in [1.82, 2.24) is 19.3 Å². The van der Waals surface area contributed by atoms with E-state index in [1.54, 1.807) is 6.20 Å². The van der Waals surface area contributed by atoms with Gasteiger partial charge in [-0.1, -0.05) is 12.8 Å². The highest BCUT2D eigenvalue weighted by Crippen LogP contribution is 2.33. The Morgan fingerprint density at radius 3 is 2.62 bits per heavy atom. The van der Waals surface area contributed by atoms with Crippen LogP contribution in [0.5, 0.6) is 0 Å². The molecule has 1 aromatic carbocycles. The smallest absolute Gasteiger partial charge is 0.240 e. The van der Waals surface area contributed by atoms with Gasteiger partial charge >= 0.3 is 0 Å². The maximum absolute atomic E-state index is 13.0. The van der Waals surface area contributed by atoms with E-state index in [-0.39, 0.29) is 11.4 Å². The highest BCUT2D eigenvalue weighted by molar-refractivity contribution is 7.89. The number of nitrogens with zero attached hydrogens (tertiary/aromatic N) is 3. The largest absolute Gasteiger partial charge is 0.308 e. The predicted molar refractivity (Wildman–Crippen MR) is 95.5 cm³/mol. The molecule has 0 bridgehead atoms. The lowest BCUT2D eigenvalue weighted by Crippen LogP contribution is -2.25. The summed E-state index contributed by atoms with van der Waals surface area (Å²) in [4.78, 5) is 9.05. The van der Waals surface area contributed by atoms with Gasteiger partial charge in [0.1, 0.15) is 17.2 Å². The first-order valence-electron chi connectivity index (χ1n) is 8.62. The number of pyridine rings is 1. The molecule has 0 radical (unpaired) electrons. The number of nitrogens with one attached hydrogen (secondary N) is 1. The molecule has 1 aliphatic carbocycles. The third kappa shape index (κ3) is 3.22. The zero-order valence-electron chi connectivity index (χ0n) is 14.1. The van der Waals surface area contributed by atoms with E-state index in [1.807, 2.05) is 12.1 Å². The molecule has 0 amide bonds. The van der Waals surface area contributed by atoms with Gasteiger partial charge in [-0.3, -0.25) is 0 Å². The molecular weight excluding hydrogens is 355 g/mol. The fourth-order valence-electron chi connectivity index (χ4n) is 3.50. The van der Waals surface area contributed by atoms with Crippen LogP contribution in [0.3, 0.4) is 0 Å². The summed E-state index contributed by atoms with van der Waals surface area (Å²) in [5.41, 5.74) is 1.55. The number of hydrogen-bond acceptors (Lipinski definition) is 4. The lowest BCUT2D eigenvalue weighted by molar-refractivity contribution is 0.502. The summed E-state index contributed by atoms with van der Waals surface area (Å²) in [6, 6.07) is 8.75. The summed E-state index contributed by atoms with van der Waals surface area (Å²) in [5.74, 6) is 0.175. The molecule has 1 aliphatic rings. The fourth-order valence-corrected chi connectivity index (χ4v) is 4.48. The molecule has 0 saturated heterocycles. The Morgan fingerprint density at radius 1 is 1.15 bits per heavy atom. The Kier molecular flexibility index (Phi) is 4.46. The maximum Gasteiger partial charge on any atom is 0.240 e. The molecule has 8 heteroatoms. The Labute approximate surface area is 151 Å². The molecule has 4 rings (SSSR count). The van der Waals surface area contributed by atoms with E-state index in [0.29, 0.717) is 11.9 Å². The molecule has 136 valence electrons. The first-order valence-corrected chi connectivity index (χ1v) is 10.1. The van der Waals surface area contributed by atoms with Crippen LogP contribution < -0.4 is 4.72 Å². The summed E-state index contributed by atoms with van der Waals surface area (Å²) in [7, 11) is -3.74. The quantitative estimate of drug-likeness (QED) is 0.744. The number of halogens is 1. The Bertz CT molecular complexity index is 1030. The van der Waals surface area contributed by atoms with E-state index >= 15 is 0 Å². The maximum atomic E-state index is 13.0. The van der Waals surface area contributed by atoms with Crippen molar-refractivity contribution in [3.63, 3.8) is 0 Å². The second kappa shape index (κ2) is 6.77. The third-order valence-corrected chi connectivity index (χ3v) is 6.17. The summed E-state index contributed by atoms with van der Waals surface area (Å²) >= 11 is 0. The van der Waals surface area contributed by atoms with Gasteiger partial charge in [0.15, 0.2) is 5.65 Å². The number of imidazole rings is 1. The van der Waals surface area contributed by atoms with E-state index in [1.165, 1.54) is 12.1 Å². The molecule has 2 aromatic heterocycles. The fraction of sp³-hybridized carbons (Fsp3) is 0.333. The highest BCUT2D eigenvalue weighted by Gasteiger charge is 2.24. The van der Waals surface area contributed by atoms with E-state index in [4.69, 9.17) is 0 Å². The molecule has 6 nitrogen and oxygen atoms in total. The first-order chi connectivity index (χ1) is 12.5. The van der Waals surface area contributed by atoms with Gasteiger partial charge in [-0.25, -0.2) is 27.5 Å². The van der Waals surface area contributed by atoms with E-state index in [0.717, 1.165) is 49.0 Å². The van der Waals surface area contributed by atoms with Gasteiger partial charge in [0.25, 0.3) is 0 Å². The second-order valence-corrected chi connectivity index (χ2v) is 8.23. The van der Waals surface area contributed by atoms with Crippen molar-refractivity contribution in [1.29, 1.82) is 0 Å². The zero-order valence-corrected chi connectivity index (χ0v) is 14.9. The number of fused-ring (bicyclic) bond motifs is 1. The van der Waals surface area contributed by atoms with Crippen LogP contribution in [0.2, 0.25) is 0 Å². The monoisotopic (exact) mass is 374 g/mol. The predicted octanol–water partition coefficient (Wildman–Crippen LogP) is 3.16. The van der Waals surface area contributed by atoms with Crippen molar-refractivity contribution in [2.24, 2.45) is 0 Å². The van der Waals surface area contributed by atoms with Crippen LogP contribution >= 0.6 is 0 Å². The molecule has 1 fully saturated rings. The molecule has 0 spiro atoms. The lowest BCUT2D eigenvalue weighted by Gasteiger charge is -2.16. The summed E-state index contributed by atoms with van der Waals surface area (Å²) < 4.78 is 42.6. The SMILES string of the molecule is O=S(=O)(NCc1nc2cccnc2n1C1CCCC1)c1ccc(F)cc1. The van der Waals surface area contributed by atoms with Gasteiger partial charge < -0.3 is 4.57 Å². The van der Waals surface area contributed by atoms with Crippen molar-refractivity contribution in [2.75, 3.05) is 0 Å². The van der Waals surface area contributed by atoms with Crippen LogP contribution in [0, 0.1) is 5.82 Å². The Morgan fingerprint density at radius 2 is 1.88 bits per heavy atom. The number of sulfonamides is 1. The van der Waals surface area contributed by atoms with Gasteiger partial charge in [0, 0.05) is 12.2 Å². The van der Waals surface area contributed by atoms with E-state index in [9.17, 15) is 12.8 Å². The molecule has 0 unspecified atom stereocenters. The van der Waals surface area contributed by atoms with E-state index in [2.05, 4.69) is 19.3 Å². The topological polar surface area (TPSA) is 76.9 Å². The minimum atomic E-state index is -3.74. The minimum absolute atomic E-state index is 0.0283. The number of benzene rings is 1. The van der Waals surface area contributed by atoms with E-state index < -0.39 is 15.8 Å². The van der Waals surface area contributed by atoms with Gasteiger partial charge in [0.05, 0.1) is 11.4 Å². The standard InChI is InChI=1S/C18H19FN4O2S/c19-13-7-9-15(10-8-13)26(24,25)21-12-17-22-16-6-3-11-20-18(16)23(17)14-4-1-2-5-14/h3,6-11,14,21H,1-2,4-5,12H2. The average Bonchev–Trinajstić information content (AvgIpc) is 3.27. The normalized spacial score (nSPS) is 15.7. The summed E-state index contributed by atoms with van der Waals surface area (Å²) in [6.07, 6.45) is 6.11. The molecule has 1 N–H and O–H groups in total. The van der Waals surface area contributed by atoms with Crippen molar-refractivity contribution >= 4 is 21.2 Å². The second-order valence-electron chi connectivity index (χ2n) is 6.46. The summed E-state index contributed by atoms with van der Waals surface area (Å²) in [5, 5.41) is 0. The molecular formula is C18H19FN4O2S. The van der Waals surface area contributed by atoms with Gasteiger partial charge in [0.2, 0.25) is 10.0 Å². The molecule has 26 heavy (non-hydrogen) atoms. The molecule has 0 atom stereocenters. The van der Waals surface area contributed by atoms with Gasteiger partial charge in [-0.05, 0) is 49.2 Å². The van der Waals surface area contributed by atoms with Crippen LogP contribution in [-0.2, 0) is 16.6 Å². The van der Waals surface area contributed by atoms with Gasteiger partial charge in [-0.15, -0.1) is 0 Å². The number of hydrogen-bond donors (Lipinski definition) is 1.